The number of carbonyl (C=O) groups excluding carboxylic acids is 10. The van der Waals surface area contributed by atoms with Crippen molar-refractivity contribution in [2.45, 2.75) is 273 Å². The average molecular weight is 1190 g/mol. The standard InChI is InChI=1S/C63H115N11O10/c1-17-19-21-22-23-25-27-46(66-57(81)50-28-26-33-74(50)52(76)29-24-20-18-2)53(77)67-48(36-42(5)6)55(79)70-62(13,14)59(83)69-47(35-41(3)4)54(78)68-49(37-43(7)8)56(80)71-63(15,16)60(84)72-61(11,12)58(82)65-31-30-51(75)64-32-34-73-39-44(9)38-45(10)40-73/h41-50H,17-40H2,1-16H3,(H,64,75)(H,65,82)(H,66,81)(H,67,77)(H,68,78)(H,69,83)(H,70,79)(H,71,80)(H,72,84)/t44?,45?,46-,47-,48-,49-,50-/m0/s1. The second-order valence-electron chi connectivity index (χ2n) is 27.2. The lowest BCUT2D eigenvalue weighted by Crippen LogP contribution is -2.65. The van der Waals surface area contributed by atoms with Crippen LogP contribution < -0.4 is 47.9 Å². The number of unbranched alkanes of at least 4 members (excludes halogenated alkanes) is 7. The molecule has 84 heavy (non-hydrogen) atoms. The van der Waals surface area contributed by atoms with Gasteiger partial charge in [-0.3, -0.25) is 47.9 Å². The number of piperidine rings is 1. The van der Waals surface area contributed by atoms with Gasteiger partial charge >= 0.3 is 0 Å². The number of amides is 10. The van der Waals surface area contributed by atoms with E-state index in [1.165, 1.54) is 48.0 Å². The van der Waals surface area contributed by atoms with E-state index >= 15 is 0 Å². The van der Waals surface area contributed by atoms with E-state index < -0.39 is 94.1 Å². The molecule has 0 saturated carbocycles. The van der Waals surface area contributed by atoms with Gasteiger partial charge in [0.25, 0.3) is 0 Å². The van der Waals surface area contributed by atoms with Crippen molar-refractivity contribution < 1.29 is 47.9 Å². The molecule has 7 atom stereocenters. The molecular formula is C63H115N11O10. The quantitative estimate of drug-likeness (QED) is 0.0340. The van der Waals surface area contributed by atoms with Crippen LogP contribution in [0.25, 0.3) is 0 Å². The summed E-state index contributed by atoms with van der Waals surface area (Å²) in [5.41, 5.74) is -4.63. The highest BCUT2D eigenvalue weighted by Gasteiger charge is 2.41. The van der Waals surface area contributed by atoms with Gasteiger partial charge in [-0.15, -0.1) is 0 Å². The molecule has 2 heterocycles. The van der Waals surface area contributed by atoms with Crippen LogP contribution >= 0.6 is 0 Å². The summed E-state index contributed by atoms with van der Waals surface area (Å²) in [6, 6.07) is -5.08. The minimum atomic E-state index is -1.62. The van der Waals surface area contributed by atoms with Crippen LogP contribution in [0.2, 0.25) is 0 Å². The van der Waals surface area contributed by atoms with Crippen LogP contribution in [0.5, 0.6) is 0 Å². The zero-order valence-corrected chi connectivity index (χ0v) is 54.7. The average Bonchev–Trinajstić information content (AvgIpc) is 4.04. The summed E-state index contributed by atoms with van der Waals surface area (Å²) in [7, 11) is 0. The van der Waals surface area contributed by atoms with Gasteiger partial charge in [-0.1, -0.05) is 121 Å². The maximum absolute atomic E-state index is 14.3. The first kappa shape index (κ1) is 74.8. The Kier molecular flexibility index (Phi) is 32.6. The van der Waals surface area contributed by atoms with Crippen molar-refractivity contribution in [3.8, 4) is 0 Å². The first-order valence-electron chi connectivity index (χ1n) is 32.0. The Morgan fingerprint density at radius 1 is 0.500 bits per heavy atom. The molecule has 2 fully saturated rings. The van der Waals surface area contributed by atoms with Crippen molar-refractivity contribution >= 4 is 59.1 Å². The molecule has 0 aromatic carbocycles. The predicted octanol–water partition coefficient (Wildman–Crippen LogP) is 5.67. The Labute approximate surface area is 504 Å². The van der Waals surface area contributed by atoms with Gasteiger partial charge in [0.15, 0.2) is 0 Å². The molecule has 2 aliphatic rings. The summed E-state index contributed by atoms with van der Waals surface area (Å²) in [6.45, 7) is 32.7. The van der Waals surface area contributed by atoms with E-state index in [4.69, 9.17) is 0 Å². The van der Waals surface area contributed by atoms with Gasteiger partial charge in [0, 0.05) is 52.1 Å². The Morgan fingerprint density at radius 3 is 1.51 bits per heavy atom. The Balaban J connectivity index is 2.17. The molecule has 10 amide bonds. The smallest absolute Gasteiger partial charge is 0.246 e. The van der Waals surface area contributed by atoms with Gasteiger partial charge in [0.05, 0.1) is 0 Å². The summed E-state index contributed by atoms with van der Waals surface area (Å²) in [5.74, 6) is -4.15. The number of hydrogen-bond acceptors (Lipinski definition) is 11. The molecule has 2 unspecified atom stereocenters. The molecule has 0 bridgehead atoms. The molecule has 0 spiro atoms. The van der Waals surface area contributed by atoms with Gasteiger partial charge in [-0.2, -0.15) is 0 Å². The maximum atomic E-state index is 14.3. The Hall–Kier alpha value is -5.34. The number of likely N-dealkylation sites (tertiary alicyclic amines) is 2. The normalized spacial score (nSPS) is 18.3. The molecule has 9 N–H and O–H groups in total. The van der Waals surface area contributed by atoms with Gasteiger partial charge < -0.3 is 57.7 Å². The molecule has 0 aliphatic carbocycles. The van der Waals surface area contributed by atoms with Crippen molar-refractivity contribution in [3.63, 3.8) is 0 Å². The van der Waals surface area contributed by atoms with Gasteiger partial charge in [-0.05, 0) is 122 Å². The molecule has 0 aromatic rings. The van der Waals surface area contributed by atoms with Crippen molar-refractivity contribution in [2.75, 3.05) is 39.3 Å². The van der Waals surface area contributed by atoms with Crippen molar-refractivity contribution in [2.24, 2.45) is 29.6 Å². The van der Waals surface area contributed by atoms with E-state index in [-0.39, 0.29) is 61.8 Å². The Morgan fingerprint density at radius 2 is 0.976 bits per heavy atom. The van der Waals surface area contributed by atoms with E-state index in [2.05, 4.69) is 80.4 Å². The third kappa shape index (κ3) is 27.4. The number of carbonyl (C=O) groups is 10. The van der Waals surface area contributed by atoms with E-state index in [0.717, 1.165) is 71.0 Å². The van der Waals surface area contributed by atoms with E-state index in [1.807, 2.05) is 41.5 Å². The van der Waals surface area contributed by atoms with Crippen LogP contribution in [-0.2, 0) is 47.9 Å². The molecule has 21 heteroatoms. The van der Waals surface area contributed by atoms with Gasteiger partial charge in [0.2, 0.25) is 59.1 Å². The fourth-order valence-corrected chi connectivity index (χ4v) is 11.0. The summed E-state index contributed by atoms with van der Waals surface area (Å²) in [5, 5.41) is 25.4. The second-order valence-corrected chi connectivity index (χ2v) is 27.2. The third-order valence-corrected chi connectivity index (χ3v) is 15.7. The monoisotopic (exact) mass is 1190 g/mol. The summed E-state index contributed by atoms with van der Waals surface area (Å²) >= 11 is 0. The third-order valence-electron chi connectivity index (χ3n) is 15.7. The van der Waals surface area contributed by atoms with Crippen LogP contribution in [-0.4, -0.2) is 155 Å². The number of nitrogens with zero attached hydrogens (tertiary/aromatic N) is 2. The molecule has 0 radical (unpaired) electrons. The zero-order chi connectivity index (χ0) is 63.5. The lowest BCUT2D eigenvalue weighted by Gasteiger charge is -2.34. The van der Waals surface area contributed by atoms with Crippen LogP contribution in [0.15, 0.2) is 0 Å². The number of hydrogen-bond donors (Lipinski definition) is 9. The zero-order valence-electron chi connectivity index (χ0n) is 54.7. The van der Waals surface area contributed by atoms with E-state index in [1.54, 1.807) is 4.90 Å². The summed E-state index contributed by atoms with van der Waals surface area (Å²) in [4.78, 5) is 142. The second kappa shape index (κ2) is 36.6. The summed E-state index contributed by atoms with van der Waals surface area (Å²) < 4.78 is 0. The highest BCUT2D eigenvalue weighted by Crippen LogP contribution is 2.23. The van der Waals surface area contributed by atoms with Gasteiger partial charge in [0.1, 0.15) is 46.8 Å². The maximum Gasteiger partial charge on any atom is 0.246 e. The van der Waals surface area contributed by atoms with Crippen molar-refractivity contribution in [3.05, 3.63) is 0 Å². The fraction of sp³-hybridized carbons (Fsp3) is 0.841. The lowest BCUT2D eigenvalue weighted by molar-refractivity contribution is -0.140. The molecule has 0 aromatic heterocycles. The molecule has 2 rings (SSSR count). The predicted molar refractivity (Wildman–Crippen MR) is 330 cm³/mol. The first-order chi connectivity index (χ1) is 39.2. The van der Waals surface area contributed by atoms with Crippen molar-refractivity contribution in [1.82, 2.24) is 57.7 Å². The van der Waals surface area contributed by atoms with E-state index in [9.17, 15) is 47.9 Å². The van der Waals surface area contributed by atoms with E-state index in [0.29, 0.717) is 57.0 Å². The SMILES string of the molecule is CCCCCCCC[C@H](NC(=O)[C@@H]1CCCN1C(=O)CCCCC)C(=O)N[C@@H](CC(C)C)C(=O)NC(C)(C)C(=O)N[C@@H](CC(C)C)C(=O)N[C@@H](CC(C)C)C(=O)NC(C)(C)C(=O)NC(C)(C)C(=O)NCCC(=O)NCCN1CC(C)CC(C)C1. The van der Waals surface area contributed by atoms with Crippen LogP contribution in [0, 0.1) is 29.6 Å². The topological polar surface area (TPSA) is 285 Å². The Bertz CT molecular complexity index is 2140. The van der Waals surface area contributed by atoms with Gasteiger partial charge in [-0.25, -0.2) is 0 Å². The van der Waals surface area contributed by atoms with Crippen LogP contribution in [0.4, 0.5) is 0 Å². The largest absolute Gasteiger partial charge is 0.355 e. The minimum Gasteiger partial charge on any atom is -0.355 e. The highest BCUT2D eigenvalue weighted by molar-refractivity contribution is 6.00. The van der Waals surface area contributed by atoms with Crippen LogP contribution in [0.1, 0.15) is 226 Å². The molecule has 21 nitrogen and oxygen atoms in total. The highest BCUT2D eigenvalue weighted by atomic mass is 16.2. The lowest BCUT2D eigenvalue weighted by atomic mass is 9.92. The van der Waals surface area contributed by atoms with Crippen molar-refractivity contribution in [1.29, 1.82) is 0 Å². The molecule has 482 valence electrons. The molecular weight excluding hydrogens is 1070 g/mol. The van der Waals surface area contributed by atoms with Crippen LogP contribution in [0.3, 0.4) is 0 Å². The fourth-order valence-electron chi connectivity index (χ4n) is 11.0. The minimum absolute atomic E-state index is 0.0513. The number of nitrogens with one attached hydrogen (secondary N) is 9. The molecule has 2 aliphatic heterocycles. The molecule has 2 saturated heterocycles. The first-order valence-corrected chi connectivity index (χ1v) is 32.0. The number of rotatable bonds is 38. The summed E-state index contributed by atoms with van der Waals surface area (Å²) in [6.07, 6.45) is 12.0.